The van der Waals surface area contributed by atoms with Crippen LogP contribution in [0.15, 0.2) is 36.5 Å². The van der Waals surface area contributed by atoms with Crippen molar-refractivity contribution in [3.8, 4) is 11.5 Å². The summed E-state index contributed by atoms with van der Waals surface area (Å²) in [4.78, 5) is 35.6. The number of likely N-dealkylation sites (N-methyl/N-ethyl adjacent to an activating group) is 1. The number of urea groups is 1. The van der Waals surface area contributed by atoms with Crippen LogP contribution < -0.4 is 14.8 Å². The van der Waals surface area contributed by atoms with Crippen LogP contribution >= 0.6 is 12.4 Å². The van der Waals surface area contributed by atoms with Gasteiger partial charge in [0.25, 0.3) is 0 Å². The summed E-state index contributed by atoms with van der Waals surface area (Å²) in [6, 6.07) is 7.49. The van der Waals surface area contributed by atoms with Gasteiger partial charge in [0.1, 0.15) is 5.82 Å². The highest BCUT2D eigenvalue weighted by Gasteiger charge is 2.23. The average molecular weight is 560 g/mol. The standard InChI is InChI=1S/C28H37N5O5.ClH/c1-4-38-26-22(7-5-8-24(26)36-3)19-31(2)25(34)10-9-21-17-23-20-33(28(35)30-27(23)29-18-21)12-6-11-32-13-15-37-16-14-32;/h5,7-10,17-18H,4,6,11-16,19-20H2,1-3H3,(H,29,30,35);1H. The second kappa shape index (κ2) is 14.7. The third kappa shape index (κ3) is 8.08. The summed E-state index contributed by atoms with van der Waals surface area (Å²) in [7, 11) is 3.35. The maximum Gasteiger partial charge on any atom is 0.323 e. The molecular weight excluding hydrogens is 522 g/mol. The molecule has 212 valence electrons. The van der Waals surface area contributed by atoms with Crippen LogP contribution in [0.5, 0.6) is 11.5 Å². The third-order valence-electron chi connectivity index (χ3n) is 6.64. The highest BCUT2D eigenvalue weighted by atomic mass is 35.5. The molecule has 0 spiro atoms. The van der Waals surface area contributed by atoms with Crippen molar-refractivity contribution in [3.63, 3.8) is 0 Å². The van der Waals surface area contributed by atoms with E-state index >= 15 is 0 Å². The first-order valence-corrected chi connectivity index (χ1v) is 13.0. The molecule has 1 aromatic heterocycles. The van der Waals surface area contributed by atoms with Gasteiger partial charge >= 0.3 is 6.03 Å². The minimum absolute atomic E-state index is 0. The molecule has 0 radical (unpaired) electrons. The lowest BCUT2D eigenvalue weighted by molar-refractivity contribution is -0.125. The van der Waals surface area contributed by atoms with E-state index in [4.69, 9.17) is 14.2 Å². The fourth-order valence-electron chi connectivity index (χ4n) is 4.58. The minimum atomic E-state index is -0.147. The number of aromatic nitrogens is 1. The van der Waals surface area contributed by atoms with E-state index in [-0.39, 0.29) is 24.3 Å². The molecule has 0 atom stereocenters. The van der Waals surface area contributed by atoms with Gasteiger partial charge in [-0.05, 0) is 37.1 Å². The number of benzene rings is 1. The number of anilines is 1. The lowest BCUT2D eigenvalue weighted by Crippen LogP contribution is -2.42. The van der Waals surface area contributed by atoms with Gasteiger partial charge in [0.2, 0.25) is 5.91 Å². The molecule has 1 aromatic carbocycles. The number of carbonyl (C=O) groups is 2. The Morgan fingerprint density at radius 1 is 1.26 bits per heavy atom. The largest absolute Gasteiger partial charge is 0.493 e. The zero-order valence-electron chi connectivity index (χ0n) is 22.9. The summed E-state index contributed by atoms with van der Waals surface area (Å²) in [6.45, 7) is 8.31. The average Bonchev–Trinajstić information content (AvgIpc) is 2.93. The summed E-state index contributed by atoms with van der Waals surface area (Å²) < 4.78 is 16.6. The van der Waals surface area contributed by atoms with Crippen LogP contribution in [0.2, 0.25) is 0 Å². The Kier molecular flexibility index (Phi) is 11.4. The van der Waals surface area contributed by atoms with Crippen LogP contribution in [0, 0.1) is 0 Å². The van der Waals surface area contributed by atoms with Crippen LogP contribution in [-0.4, -0.2) is 91.8 Å². The van der Waals surface area contributed by atoms with Gasteiger partial charge in [-0.3, -0.25) is 15.0 Å². The van der Waals surface area contributed by atoms with Crippen molar-refractivity contribution in [2.75, 3.05) is 65.5 Å². The molecule has 0 unspecified atom stereocenters. The maximum atomic E-state index is 12.8. The molecule has 2 aliphatic rings. The lowest BCUT2D eigenvalue weighted by atomic mass is 10.1. The number of fused-ring (bicyclic) bond motifs is 1. The summed E-state index contributed by atoms with van der Waals surface area (Å²) in [5, 5.41) is 2.88. The van der Waals surface area contributed by atoms with Crippen LogP contribution in [0.4, 0.5) is 10.6 Å². The van der Waals surface area contributed by atoms with Gasteiger partial charge in [0, 0.05) is 63.2 Å². The van der Waals surface area contributed by atoms with Gasteiger partial charge in [0.05, 0.1) is 33.5 Å². The van der Waals surface area contributed by atoms with Gasteiger partial charge in [0.15, 0.2) is 11.5 Å². The lowest BCUT2D eigenvalue weighted by Gasteiger charge is -2.31. The molecule has 1 N–H and O–H groups in total. The molecule has 1 fully saturated rings. The van der Waals surface area contributed by atoms with Crippen molar-refractivity contribution in [2.45, 2.75) is 26.4 Å². The third-order valence-corrected chi connectivity index (χ3v) is 6.64. The summed E-state index contributed by atoms with van der Waals surface area (Å²) in [6.07, 6.45) is 5.84. The number of rotatable bonds is 11. The van der Waals surface area contributed by atoms with E-state index in [1.807, 2.05) is 31.2 Å². The Bertz CT molecular complexity index is 1160. The number of para-hydroxylation sites is 1. The fourth-order valence-corrected chi connectivity index (χ4v) is 4.58. The second-order valence-corrected chi connectivity index (χ2v) is 9.34. The number of morpholine rings is 1. The molecule has 3 heterocycles. The van der Waals surface area contributed by atoms with Crippen LogP contribution in [0.3, 0.4) is 0 Å². The number of amides is 3. The molecule has 3 amide bonds. The second-order valence-electron chi connectivity index (χ2n) is 9.34. The van der Waals surface area contributed by atoms with Crippen molar-refractivity contribution in [1.29, 1.82) is 0 Å². The van der Waals surface area contributed by atoms with Gasteiger partial charge in [-0.15, -0.1) is 12.4 Å². The van der Waals surface area contributed by atoms with Crippen molar-refractivity contribution in [3.05, 3.63) is 53.2 Å². The maximum absolute atomic E-state index is 12.8. The quantitative estimate of drug-likeness (QED) is 0.420. The van der Waals surface area contributed by atoms with E-state index in [0.717, 1.165) is 56.0 Å². The van der Waals surface area contributed by atoms with E-state index in [2.05, 4.69) is 15.2 Å². The molecule has 4 rings (SSSR count). The number of ether oxygens (including phenoxy) is 3. The number of nitrogens with zero attached hydrogens (tertiary/aromatic N) is 4. The van der Waals surface area contributed by atoms with E-state index in [0.29, 0.717) is 43.6 Å². The van der Waals surface area contributed by atoms with Crippen LogP contribution in [0.25, 0.3) is 6.08 Å². The molecule has 1 saturated heterocycles. The molecular formula is C28H38ClN5O5. The van der Waals surface area contributed by atoms with Crippen molar-refractivity contribution in [2.24, 2.45) is 0 Å². The predicted molar refractivity (Wildman–Crippen MR) is 152 cm³/mol. The highest BCUT2D eigenvalue weighted by Crippen LogP contribution is 2.32. The monoisotopic (exact) mass is 559 g/mol. The first-order chi connectivity index (χ1) is 18.5. The molecule has 0 saturated carbocycles. The summed E-state index contributed by atoms with van der Waals surface area (Å²) >= 11 is 0. The molecule has 0 bridgehead atoms. The molecule has 0 aliphatic carbocycles. The van der Waals surface area contributed by atoms with E-state index < -0.39 is 0 Å². The Morgan fingerprint density at radius 2 is 2.05 bits per heavy atom. The Balaban J connectivity index is 0.00000420. The SMILES string of the molecule is CCOc1c(CN(C)C(=O)C=Cc2cnc3c(c2)CN(CCCN2CCOCC2)C(=O)N3)cccc1OC.Cl. The number of hydrogen-bond acceptors (Lipinski definition) is 7. The number of carbonyl (C=O) groups excluding carboxylic acids is 2. The normalized spacial score (nSPS) is 15.4. The Labute approximate surface area is 236 Å². The number of halogens is 1. The van der Waals surface area contributed by atoms with Crippen molar-refractivity contribution < 1.29 is 23.8 Å². The first kappa shape index (κ1) is 30.2. The zero-order chi connectivity index (χ0) is 26.9. The summed E-state index contributed by atoms with van der Waals surface area (Å²) in [5.41, 5.74) is 2.60. The minimum Gasteiger partial charge on any atom is -0.493 e. The Hall–Kier alpha value is -3.34. The van der Waals surface area contributed by atoms with Crippen LogP contribution in [0.1, 0.15) is 30.0 Å². The molecule has 11 heteroatoms. The molecule has 2 aliphatic heterocycles. The van der Waals surface area contributed by atoms with Gasteiger partial charge in [-0.1, -0.05) is 12.1 Å². The van der Waals surface area contributed by atoms with E-state index in [9.17, 15) is 9.59 Å². The smallest absolute Gasteiger partial charge is 0.323 e. The van der Waals surface area contributed by atoms with Gasteiger partial charge in [-0.25, -0.2) is 9.78 Å². The van der Waals surface area contributed by atoms with E-state index in [1.165, 1.54) is 6.08 Å². The number of nitrogens with one attached hydrogen (secondary N) is 1. The summed E-state index contributed by atoms with van der Waals surface area (Å²) in [5.74, 6) is 1.72. The topological polar surface area (TPSA) is 96.5 Å². The first-order valence-electron chi connectivity index (χ1n) is 13.0. The number of pyridine rings is 1. The number of hydrogen-bond donors (Lipinski definition) is 1. The Morgan fingerprint density at radius 3 is 2.79 bits per heavy atom. The van der Waals surface area contributed by atoms with Gasteiger partial charge < -0.3 is 24.0 Å². The highest BCUT2D eigenvalue weighted by molar-refractivity contribution is 5.93. The van der Waals surface area contributed by atoms with Gasteiger partial charge in [-0.2, -0.15) is 0 Å². The fraction of sp³-hybridized carbons (Fsp3) is 0.464. The molecule has 2 aromatic rings. The van der Waals surface area contributed by atoms with Crippen molar-refractivity contribution >= 4 is 36.2 Å². The molecule has 39 heavy (non-hydrogen) atoms. The van der Waals surface area contributed by atoms with E-state index in [1.54, 1.807) is 36.2 Å². The zero-order valence-corrected chi connectivity index (χ0v) is 23.7. The predicted octanol–water partition coefficient (Wildman–Crippen LogP) is 3.65. The number of methoxy groups -OCH3 is 1. The van der Waals surface area contributed by atoms with Crippen LogP contribution in [-0.2, 0) is 22.6 Å². The van der Waals surface area contributed by atoms with Crippen molar-refractivity contribution in [1.82, 2.24) is 19.7 Å². The molecule has 10 nitrogen and oxygen atoms in total.